The zero-order chi connectivity index (χ0) is 15.0. The van der Waals surface area contributed by atoms with Gasteiger partial charge in [-0.2, -0.15) is 0 Å². The van der Waals surface area contributed by atoms with E-state index in [1.54, 1.807) is 4.68 Å². The molecule has 1 heterocycles. The fraction of sp³-hybridized carbons (Fsp3) is 0.438. The number of anilines is 1. The van der Waals surface area contributed by atoms with Crippen LogP contribution in [0.3, 0.4) is 0 Å². The van der Waals surface area contributed by atoms with Gasteiger partial charge in [-0.05, 0) is 51.0 Å². The molecule has 3 rings (SSSR count). The van der Waals surface area contributed by atoms with E-state index in [1.165, 1.54) is 0 Å². The normalized spacial score (nSPS) is 14.4. The third kappa shape index (κ3) is 2.33. The molecule has 0 amide bonds. The minimum absolute atomic E-state index is 0.122. The van der Waals surface area contributed by atoms with Crippen molar-refractivity contribution < 1.29 is 4.74 Å². The smallest absolute Gasteiger partial charge is 0.294 e. The summed E-state index contributed by atoms with van der Waals surface area (Å²) in [5.41, 5.74) is 8.15. The molecule has 1 saturated carbocycles. The number of benzene rings is 1. The van der Waals surface area contributed by atoms with Gasteiger partial charge in [-0.15, -0.1) is 0 Å². The molecular formula is C16H21N3O2. The van der Waals surface area contributed by atoms with E-state index in [0.29, 0.717) is 18.2 Å². The Hall–Kier alpha value is -2.17. The molecule has 5 heteroatoms. The molecule has 1 aliphatic carbocycles. The average Bonchev–Trinajstić information content (AvgIpc) is 3.29. The third-order valence-corrected chi connectivity index (χ3v) is 3.87. The van der Waals surface area contributed by atoms with Gasteiger partial charge in [0.15, 0.2) is 0 Å². The largest absolute Gasteiger partial charge is 0.494 e. The Bertz CT molecular complexity index is 694. The maximum absolute atomic E-state index is 12.5. The molecule has 1 fully saturated rings. The van der Waals surface area contributed by atoms with Crippen molar-refractivity contribution in [2.45, 2.75) is 39.2 Å². The molecule has 0 radical (unpaired) electrons. The van der Waals surface area contributed by atoms with Crippen molar-refractivity contribution in [2.75, 3.05) is 12.3 Å². The number of nitrogens with two attached hydrogens (primary N) is 1. The van der Waals surface area contributed by atoms with Crippen LogP contribution >= 0.6 is 0 Å². The summed E-state index contributed by atoms with van der Waals surface area (Å²) in [7, 11) is 0. The molecule has 21 heavy (non-hydrogen) atoms. The first-order valence-electron chi connectivity index (χ1n) is 7.51. The predicted octanol–water partition coefficient (Wildman–Crippen LogP) is 2.52. The van der Waals surface area contributed by atoms with Gasteiger partial charge in [0.25, 0.3) is 5.56 Å². The lowest BCUT2D eigenvalue weighted by Gasteiger charge is -2.13. The second-order valence-corrected chi connectivity index (χ2v) is 5.33. The van der Waals surface area contributed by atoms with Crippen LogP contribution in [-0.2, 0) is 6.54 Å². The second kappa shape index (κ2) is 5.31. The SMILES string of the molecule is CCOc1ccc(-n2c(=O)c(N)c(C3CC3)n2CC)cc1. The van der Waals surface area contributed by atoms with Crippen LogP contribution in [0.2, 0.25) is 0 Å². The van der Waals surface area contributed by atoms with Crippen LogP contribution in [0, 0.1) is 0 Å². The number of aromatic nitrogens is 2. The quantitative estimate of drug-likeness (QED) is 0.919. The fourth-order valence-electron chi connectivity index (χ4n) is 2.79. The van der Waals surface area contributed by atoms with E-state index < -0.39 is 0 Å². The van der Waals surface area contributed by atoms with E-state index in [0.717, 1.165) is 36.5 Å². The van der Waals surface area contributed by atoms with Crippen LogP contribution in [0.5, 0.6) is 5.75 Å². The Morgan fingerprint density at radius 3 is 2.43 bits per heavy atom. The van der Waals surface area contributed by atoms with Gasteiger partial charge in [-0.1, -0.05) is 0 Å². The Morgan fingerprint density at radius 1 is 1.24 bits per heavy atom. The lowest BCUT2D eigenvalue weighted by Crippen LogP contribution is -2.22. The Balaban J connectivity index is 2.09. The van der Waals surface area contributed by atoms with Crippen molar-refractivity contribution in [3.63, 3.8) is 0 Å². The molecule has 0 aliphatic heterocycles. The minimum Gasteiger partial charge on any atom is -0.494 e. The van der Waals surface area contributed by atoms with E-state index in [1.807, 2.05) is 42.8 Å². The minimum atomic E-state index is -0.122. The lowest BCUT2D eigenvalue weighted by atomic mass is 10.2. The number of hydrogen-bond donors (Lipinski definition) is 1. The molecule has 1 aliphatic rings. The maximum Gasteiger partial charge on any atom is 0.294 e. The van der Waals surface area contributed by atoms with Crippen molar-refractivity contribution in [3.05, 3.63) is 40.3 Å². The van der Waals surface area contributed by atoms with Crippen LogP contribution < -0.4 is 16.0 Å². The number of hydrogen-bond acceptors (Lipinski definition) is 3. The zero-order valence-electron chi connectivity index (χ0n) is 12.5. The summed E-state index contributed by atoms with van der Waals surface area (Å²) in [4.78, 5) is 12.5. The molecule has 2 aromatic rings. The predicted molar refractivity (Wildman–Crippen MR) is 83.3 cm³/mol. The summed E-state index contributed by atoms with van der Waals surface area (Å²) >= 11 is 0. The van der Waals surface area contributed by atoms with Crippen LogP contribution in [0.25, 0.3) is 5.69 Å². The topological polar surface area (TPSA) is 62.2 Å². The summed E-state index contributed by atoms with van der Waals surface area (Å²) < 4.78 is 9.13. The van der Waals surface area contributed by atoms with Gasteiger partial charge < -0.3 is 10.5 Å². The summed E-state index contributed by atoms with van der Waals surface area (Å²) in [5.74, 6) is 1.25. The lowest BCUT2D eigenvalue weighted by molar-refractivity contribution is 0.340. The van der Waals surface area contributed by atoms with Gasteiger partial charge in [-0.25, -0.2) is 4.68 Å². The summed E-state index contributed by atoms with van der Waals surface area (Å²) in [6.07, 6.45) is 2.24. The molecule has 0 bridgehead atoms. The molecule has 0 atom stereocenters. The fourth-order valence-corrected chi connectivity index (χ4v) is 2.79. The van der Waals surface area contributed by atoms with E-state index in [9.17, 15) is 4.79 Å². The highest BCUT2D eigenvalue weighted by atomic mass is 16.5. The first kappa shape index (κ1) is 13.8. The van der Waals surface area contributed by atoms with Gasteiger partial charge in [0, 0.05) is 12.5 Å². The van der Waals surface area contributed by atoms with Crippen molar-refractivity contribution in [1.29, 1.82) is 0 Å². The third-order valence-electron chi connectivity index (χ3n) is 3.87. The van der Waals surface area contributed by atoms with Crippen molar-refractivity contribution in [2.24, 2.45) is 0 Å². The monoisotopic (exact) mass is 287 g/mol. The molecule has 2 N–H and O–H groups in total. The van der Waals surface area contributed by atoms with Crippen LogP contribution in [0.4, 0.5) is 5.69 Å². The Kier molecular flexibility index (Phi) is 3.49. The van der Waals surface area contributed by atoms with Gasteiger partial charge in [-0.3, -0.25) is 9.48 Å². The van der Waals surface area contributed by atoms with Crippen LogP contribution in [0.15, 0.2) is 29.1 Å². The molecule has 1 aromatic carbocycles. The molecule has 0 unspecified atom stereocenters. The first-order valence-corrected chi connectivity index (χ1v) is 7.51. The second-order valence-electron chi connectivity index (χ2n) is 5.33. The van der Waals surface area contributed by atoms with Crippen LogP contribution in [-0.4, -0.2) is 16.0 Å². The number of nitrogen functional groups attached to an aromatic ring is 1. The van der Waals surface area contributed by atoms with E-state index >= 15 is 0 Å². The summed E-state index contributed by atoms with van der Waals surface area (Å²) in [6.45, 7) is 5.34. The highest BCUT2D eigenvalue weighted by molar-refractivity contribution is 5.49. The van der Waals surface area contributed by atoms with Crippen LogP contribution in [0.1, 0.15) is 38.3 Å². The van der Waals surface area contributed by atoms with Gasteiger partial charge in [0.2, 0.25) is 0 Å². The van der Waals surface area contributed by atoms with Crippen molar-refractivity contribution in [1.82, 2.24) is 9.36 Å². The standard InChI is InChI=1S/C16H21N3O2/c1-3-18-15(11-5-6-11)14(17)16(20)19(18)12-7-9-13(10-8-12)21-4-2/h7-11H,3-6,17H2,1-2H3. The molecule has 5 nitrogen and oxygen atoms in total. The molecule has 1 aromatic heterocycles. The highest BCUT2D eigenvalue weighted by Gasteiger charge is 2.32. The molecule has 112 valence electrons. The Labute approximate surface area is 123 Å². The number of rotatable bonds is 5. The number of ether oxygens (including phenoxy) is 1. The maximum atomic E-state index is 12.5. The molecule has 0 spiro atoms. The van der Waals surface area contributed by atoms with Crippen molar-refractivity contribution >= 4 is 5.69 Å². The number of nitrogens with zero attached hydrogens (tertiary/aromatic N) is 2. The summed E-state index contributed by atoms with van der Waals surface area (Å²) in [5, 5.41) is 0. The average molecular weight is 287 g/mol. The Morgan fingerprint density at radius 2 is 1.90 bits per heavy atom. The summed E-state index contributed by atoms with van der Waals surface area (Å²) in [6, 6.07) is 7.56. The van der Waals surface area contributed by atoms with Crippen molar-refractivity contribution in [3.8, 4) is 11.4 Å². The van der Waals surface area contributed by atoms with Gasteiger partial charge in [0.1, 0.15) is 11.4 Å². The van der Waals surface area contributed by atoms with Gasteiger partial charge in [0.05, 0.1) is 18.0 Å². The molecule has 0 saturated heterocycles. The molecular weight excluding hydrogens is 266 g/mol. The first-order chi connectivity index (χ1) is 10.2. The van der Waals surface area contributed by atoms with E-state index in [2.05, 4.69) is 0 Å². The van der Waals surface area contributed by atoms with E-state index in [-0.39, 0.29) is 5.56 Å². The van der Waals surface area contributed by atoms with E-state index in [4.69, 9.17) is 10.5 Å². The zero-order valence-corrected chi connectivity index (χ0v) is 12.5. The highest BCUT2D eigenvalue weighted by Crippen LogP contribution is 2.42. The van der Waals surface area contributed by atoms with Gasteiger partial charge >= 0.3 is 0 Å².